The number of methoxy groups -OCH3 is 1. The molecule has 2 fully saturated rings. The van der Waals surface area contributed by atoms with Gasteiger partial charge in [-0.15, -0.1) is 0 Å². The quantitative estimate of drug-likeness (QED) is 0.366. The Bertz CT molecular complexity index is 1160. The molecule has 8 heteroatoms. The molecule has 0 spiro atoms. The van der Waals surface area contributed by atoms with E-state index in [0.717, 1.165) is 55.2 Å². The van der Waals surface area contributed by atoms with Gasteiger partial charge in [-0.3, -0.25) is 4.79 Å². The number of amides is 2. The number of alkyl carbamates (subject to hydrolysis) is 1. The first kappa shape index (κ1) is 29.4. The fraction of sp³-hybridized carbons (Fsp3) is 0.548. The fourth-order valence-corrected chi connectivity index (χ4v) is 6.65. The lowest BCUT2D eigenvalue weighted by Crippen LogP contribution is -2.49. The van der Waals surface area contributed by atoms with Crippen molar-refractivity contribution in [1.82, 2.24) is 10.2 Å². The van der Waals surface area contributed by atoms with E-state index in [1.54, 1.807) is 0 Å². The van der Waals surface area contributed by atoms with E-state index < -0.39 is 11.7 Å². The molecule has 1 aliphatic heterocycles. The molecule has 1 aliphatic carbocycles. The zero-order valence-electron chi connectivity index (χ0n) is 23.1. The maximum absolute atomic E-state index is 13.4. The lowest BCUT2D eigenvalue weighted by molar-refractivity contribution is -0.140. The van der Waals surface area contributed by atoms with Gasteiger partial charge in [-0.1, -0.05) is 54.9 Å². The largest absolute Gasteiger partial charge is 0.453 e. The molecule has 4 rings (SSSR count). The van der Waals surface area contributed by atoms with Gasteiger partial charge in [0, 0.05) is 48.1 Å². The van der Waals surface area contributed by atoms with Gasteiger partial charge in [0.15, 0.2) is 0 Å². The van der Waals surface area contributed by atoms with Crippen molar-refractivity contribution in [1.29, 1.82) is 0 Å². The standard InChI is InChI=1S/C31H42ClN3O4/c1-3-21-8-4-9-22(18-21)28-26(11-5-12-27(28)32)31(38,15-7-16-34-30(37)39-2)24-10-6-17-35(20-24)29(36)23-13-14-25(33)19-23/h4-5,8-9,11-12,18,23-25,38H,3,6-7,10,13-17,19-20,33H2,1-2H3,(H,34,37)/t23-,24-,25+,31?/m1/s1. The second-order valence-electron chi connectivity index (χ2n) is 11.1. The minimum absolute atomic E-state index is 0.0328. The maximum Gasteiger partial charge on any atom is 0.406 e. The molecule has 0 bridgehead atoms. The summed E-state index contributed by atoms with van der Waals surface area (Å²) in [6.07, 6.45) is 5.38. The van der Waals surface area contributed by atoms with Crippen LogP contribution in [0.2, 0.25) is 5.02 Å². The van der Waals surface area contributed by atoms with Gasteiger partial charge in [-0.2, -0.15) is 0 Å². The second kappa shape index (κ2) is 13.2. The predicted molar refractivity (Wildman–Crippen MR) is 154 cm³/mol. The summed E-state index contributed by atoms with van der Waals surface area (Å²) < 4.78 is 4.71. The Balaban J connectivity index is 1.69. The number of benzene rings is 2. The summed E-state index contributed by atoms with van der Waals surface area (Å²) in [6.45, 7) is 3.65. The first-order valence-corrected chi connectivity index (χ1v) is 14.6. The van der Waals surface area contributed by atoms with Crippen molar-refractivity contribution >= 4 is 23.6 Å². The lowest BCUT2D eigenvalue weighted by atomic mass is 9.72. The number of rotatable bonds is 9. The maximum atomic E-state index is 13.4. The number of hydrogen-bond acceptors (Lipinski definition) is 5. The molecule has 4 N–H and O–H groups in total. The zero-order valence-corrected chi connectivity index (χ0v) is 23.9. The van der Waals surface area contributed by atoms with Gasteiger partial charge in [-0.25, -0.2) is 4.79 Å². The number of nitrogens with one attached hydrogen (secondary N) is 1. The number of nitrogens with zero attached hydrogens (tertiary/aromatic N) is 1. The Morgan fingerprint density at radius 2 is 2.00 bits per heavy atom. The predicted octanol–water partition coefficient (Wildman–Crippen LogP) is 5.26. The molecule has 1 unspecified atom stereocenters. The Hall–Kier alpha value is -2.61. The molecular weight excluding hydrogens is 514 g/mol. The highest BCUT2D eigenvalue weighted by Crippen LogP contribution is 2.46. The van der Waals surface area contributed by atoms with Crippen molar-refractivity contribution in [2.24, 2.45) is 17.6 Å². The molecule has 7 nitrogen and oxygen atoms in total. The Kier molecular flexibility index (Phi) is 9.91. The Morgan fingerprint density at radius 1 is 1.21 bits per heavy atom. The number of likely N-dealkylation sites (tertiary alicyclic amines) is 1. The summed E-state index contributed by atoms with van der Waals surface area (Å²) in [7, 11) is 1.33. The highest BCUT2D eigenvalue weighted by Gasteiger charge is 2.44. The van der Waals surface area contributed by atoms with Gasteiger partial charge in [0.2, 0.25) is 5.91 Å². The molecular formula is C31H42ClN3O4. The first-order chi connectivity index (χ1) is 18.8. The van der Waals surface area contributed by atoms with E-state index in [1.165, 1.54) is 12.7 Å². The van der Waals surface area contributed by atoms with Crippen LogP contribution in [0, 0.1) is 11.8 Å². The molecule has 0 radical (unpaired) electrons. The number of nitrogens with two attached hydrogens (primary N) is 1. The van der Waals surface area contributed by atoms with Crippen LogP contribution >= 0.6 is 11.6 Å². The molecule has 2 aromatic rings. The van der Waals surface area contributed by atoms with Crippen LogP contribution in [0.25, 0.3) is 11.1 Å². The van der Waals surface area contributed by atoms with E-state index in [1.807, 2.05) is 35.2 Å². The molecule has 2 amide bonds. The molecule has 1 saturated carbocycles. The van der Waals surface area contributed by atoms with Gasteiger partial charge in [-0.05, 0) is 74.1 Å². The van der Waals surface area contributed by atoms with Gasteiger partial charge >= 0.3 is 6.09 Å². The van der Waals surface area contributed by atoms with Crippen molar-refractivity contribution in [2.45, 2.75) is 69.9 Å². The van der Waals surface area contributed by atoms with E-state index in [-0.39, 0.29) is 23.8 Å². The summed E-state index contributed by atoms with van der Waals surface area (Å²) in [5.41, 5.74) is 8.59. The minimum Gasteiger partial charge on any atom is -0.453 e. The summed E-state index contributed by atoms with van der Waals surface area (Å²) >= 11 is 6.84. The van der Waals surface area contributed by atoms with Crippen LogP contribution in [0.15, 0.2) is 42.5 Å². The minimum atomic E-state index is -1.26. The number of hydrogen-bond donors (Lipinski definition) is 3. The van der Waals surface area contributed by atoms with Crippen molar-refractivity contribution < 1.29 is 19.4 Å². The van der Waals surface area contributed by atoms with Crippen LogP contribution in [-0.4, -0.2) is 54.8 Å². The van der Waals surface area contributed by atoms with Crippen LogP contribution in [0.4, 0.5) is 4.79 Å². The Morgan fingerprint density at radius 3 is 2.72 bits per heavy atom. The van der Waals surface area contributed by atoms with Gasteiger partial charge in [0.05, 0.1) is 12.7 Å². The number of halogens is 1. The third-order valence-electron chi connectivity index (χ3n) is 8.52. The number of aliphatic hydroxyl groups is 1. The summed E-state index contributed by atoms with van der Waals surface area (Å²) in [6, 6.07) is 14.1. The van der Waals surface area contributed by atoms with Gasteiger partial charge in [0.1, 0.15) is 0 Å². The van der Waals surface area contributed by atoms with Gasteiger partial charge < -0.3 is 25.8 Å². The van der Waals surface area contributed by atoms with E-state index in [4.69, 9.17) is 22.1 Å². The molecule has 212 valence electrons. The summed E-state index contributed by atoms with van der Waals surface area (Å²) in [4.78, 5) is 27.0. The smallest absolute Gasteiger partial charge is 0.406 e. The second-order valence-corrected chi connectivity index (χ2v) is 11.5. The average molecular weight is 556 g/mol. The lowest BCUT2D eigenvalue weighted by Gasteiger charge is -2.44. The molecule has 1 heterocycles. The van der Waals surface area contributed by atoms with Crippen LogP contribution in [0.5, 0.6) is 0 Å². The van der Waals surface area contributed by atoms with Crippen LogP contribution in [-0.2, 0) is 21.6 Å². The number of aryl methyl sites for hydroxylation is 1. The van der Waals surface area contributed by atoms with Crippen molar-refractivity contribution in [3.63, 3.8) is 0 Å². The molecule has 0 aromatic heterocycles. The highest BCUT2D eigenvalue weighted by atomic mass is 35.5. The van der Waals surface area contributed by atoms with E-state index in [0.29, 0.717) is 37.5 Å². The van der Waals surface area contributed by atoms with Crippen LogP contribution in [0.3, 0.4) is 0 Å². The summed E-state index contributed by atoms with van der Waals surface area (Å²) in [5.74, 6) is -0.0612. The topological polar surface area (TPSA) is 105 Å². The fourth-order valence-electron chi connectivity index (χ4n) is 6.37. The monoisotopic (exact) mass is 555 g/mol. The number of carbonyl (C=O) groups excluding carboxylic acids is 2. The SMILES string of the molecule is CCc1cccc(-c2c(Cl)cccc2C(O)(CCCNC(=O)OC)[C@@H]2CCCN(C(=O)[C@@H]3CC[C@H](N)C3)C2)c1. The first-order valence-electron chi connectivity index (χ1n) is 14.2. The Labute approximate surface area is 237 Å². The number of piperidine rings is 1. The van der Waals surface area contributed by atoms with Crippen LogP contribution < -0.4 is 11.1 Å². The molecule has 1 saturated heterocycles. The van der Waals surface area contributed by atoms with Gasteiger partial charge in [0.25, 0.3) is 0 Å². The third-order valence-corrected chi connectivity index (χ3v) is 8.84. The molecule has 2 aliphatic rings. The van der Waals surface area contributed by atoms with E-state index >= 15 is 0 Å². The van der Waals surface area contributed by atoms with Crippen molar-refractivity contribution in [2.75, 3.05) is 26.7 Å². The highest BCUT2D eigenvalue weighted by molar-refractivity contribution is 6.33. The van der Waals surface area contributed by atoms with E-state index in [2.05, 4.69) is 24.4 Å². The van der Waals surface area contributed by atoms with E-state index in [9.17, 15) is 14.7 Å². The molecule has 4 atom stereocenters. The normalized spacial score (nSPS) is 22.8. The van der Waals surface area contributed by atoms with Crippen molar-refractivity contribution in [3.8, 4) is 11.1 Å². The van der Waals surface area contributed by atoms with Crippen molar-refractivity contribution in [3.05, 3.63) is 58.6 Å². The van der Waals surface area contributed by atoms with Crippen LogP contribution in [0.1, 0.15) is 63.0 Å². The summed E-state index contributed by atoms with van der Waals surface area (Å²) in [5, 5.41) is 16.0. The average Bonchev–Trinajstić information content (AvgIpc) is 3.40. The zero-order chi connectivity index (χ0) is 28.0. The third kappa shape index (κ3) is 6.76. The molecule has 2 aromatic carbocycles. The molecule has 39 heavy (non-hydrogen) atoms. The number of ether oxygens (including phenoxy) is 1. The number of carbonyl (C=O) groups is 2.